The molecule has 0 spiro atoms. The van der Waals surface area contributed by atoms with Gasteiger partial charge in [0.2, 0.25) is 0 Å². The maximum atomic E-state index is 13.6. The molecule has 1 heterocycles. The molecule has 0 amide bonds. The van der Waals surface area contributed by atoms with Crippen molar-refractivity contribution >= 4 is 0 Å². The van der Waals surface area contributed by atoms with E-state index in [2.05, 4.69) is 18.7 Å². The van der Waals surface area contributed by atoms with Crippen LogP contribution < -0.4 is 0 Å². The van der Waals surface area contributed by atoms with E-state index in [1.54, 1.807) is 13.0 Å². The van der Waals surface area contributed by atoms with Gasteiger partial charge in [-0.1, -0.05) is 19.9 Å². The number of benzene rings is 1. The summed E-state index contributed by atoms with van der Waals surface area (Å²) < 4.78 is 19.5. The van der Waals surface area contributed by atoms with Gasteiger partial charge in [0.05, 0.1) is 18.3 Å². The average molecular weight is 276 g/mol. The van der Waals surface area contributed by atoms with Gasteiger partial charge in [-0.3, -0.25) is 4.90 Å². The molecule has 1 aromatic rings. The van der Waals surface area contributed by atoms with Gasteiger partial charge in [-0.25, -0.2) is 4.39 Å². The molecule has 0 N–H and O–H groups in total. The molecule has 0 aliphatic carbocycles. The summed E-state index contributed by atoms with van der Waals surface area (Å²) in [4.78, 5) is 2.39. The zero-order chi connectivity index (χ0) is 14.7. The molecule has 0 saturated carbocycles. The van der Waals surface area contributed by atoms with Crippen LogP contribution in [-0.4, -0.2) is 30.6 Å². The second-order valence-corrected chi connectivity index (χ2v) is 5.22. The highest BCUT2D eigenvalue weighted by Gasteiger charge is 2.29. The summed E-state index contributed by atoms with van der Waals surface area (Å²) in [6.45, 7) is 8.56. The first-order chi connectivity index (χ1) is 9.62. The highest BCUT2D eigenvalue weighted by atomic mass is 19.1. The Morgan fingerprint density at radius 3 is 2.80 bits per heavy atom. The van der Waals surface area contributed by atoms with Crippen LogP contribution in [0.5, 0.6) is 0 Å². The molecule has 108 valence electrons. The molecule has 2 rings (SSSR count). The van der Waals surface area contributed by atoms with Gasteiger partial charge in [-0.05, 0) is 37.1 Å². The Labute approximate surface area is 120 Å². The molecule has 1 fully saturated rings. The van der Waals surface area contributed by atoms with Gasteiger partial charge in [0, 0.05) is 12.6 Å². The minimum Gasteiger partial charge on any atom is -0.371 e. The summed E-state index contributed by atoms with van der Waals surface area (Å²) in [5.74, 6) is -0.455. The molecule has 1 saturated heterocycles. The van der Waals surface area contributed by atoms with E-state index < -0.39 is 5.82 Å². The Balaban J connectivity index is 2.27. The number of morpholine rings is 1. The number of likely N-dealkylation sites (N-methyl/N-ethyl adjacent to an activating group) is 1. The minimum absolute atomic E-state index is 0.0783. The maximum Gasteiger partial charge on any atom is 0.141 e. The molecule has 1 aliphatic rings. The van der Waals surface area contributed by atoms with E-state index in [-0.39, 0.29) is 11.7 Å². The lowest BCUT2D eigenvalue weighted by atomic mass is 9.96. The lowest BCUT2D eigenvalue weighted by Gasteiger charge is -2.39. The van der Waals surface area contributed by atoms with Crippen molar-refractivity contribution in [2.24, 2.45) is 0 Å². The molecule has 0 bridgehead atoms. The van der Waals surface area contributed by atoms with E-state index in [4.69, 9.17) is 10.00 Å². The fraction of sp³-hybridized carbons (Fsp3) is 0.562. The summed E-state index contributed by atoms with van der Waals surface area (Å²) in [7, 11) is 0. The van der Waals surface area contributed by atoms with Crippen molar-refractivity contribution in [2.75, 3.05) is 19.7 Å². The number of rotatable bonds is 3. The van der Waals surface area contributed by atoms with Crippen molar-refractivity contribution in [3.63, 3.8) is 0 Å². The summed E-state index contributed by atoms with van der Waals surface area (Å²) in [6, 6.07) is 5.51. The van der Waals surface area contributed by atoms with Crippen LogP contribution in [0.25, 0.3) is 0 Å². The van der Waals surface area contributed by atoms with Gasteiger partial charge in [-0.15, -0.1) is 0 Å². The Morgan fingerprint density at radius 2 is 2.20 bits per heavy atom. The number of hydrogen-bond donors (Lipinski definition) is 0. The van der Waals surface area contributed by atoms with E-state index in [1.165, 1.54) is 6.07 Å². The normalized spacial score (nSPS) is 23.6. The second-order valence-electron chi connectivity index (χ2n) is 5.22. The molecule has 3 nitrogen and oxygen atoms in total. The average Bonchev–Trinajstić information content (AvgIpc) is 2.47. The SMILES string of the molecule is CC[C@@H]1COC(c2ccc(F)c(C#N)c2C)CN1CC. The van der Waals surface area contributed by atoms with Crippen molar-refractivity contribution < 1.29 is 9.13 Å². The fourth-order valence-electron chi connectivity index (χ4n) is 2.88. The van der Waals surface area contributed by atoms with Crippen molar-refractivity contribution in [2.45, 2.75) is 39.3 Å². The standard InChI is InChI=1S/C16H21FN2O/c1-4-12-10-20-16(9-19(12)5-2)13-6-7-15(17)14(8-18)11(13)3/h6-7,12,16H,4-5,9-10H2,1-3H3/t12-,16?/m1/s1. The number of halogens is 1. The molecule has 1 aliphatic heterocycles. The third-order valence-electron chi connectivity index (χ3n) is 4.20. The highest BCUT2D eigenvalue weighted by Crippen LogP contribution is 2.30. The lowest BCUT2D eigenvalue weighted by Crippen LogP contribution is -2.46. The van der Waals surface area contributed by atoms with Crippen LogP contribution in [0.1, 0.15) is 43.1 Å². The van der Waals surface area contributed by atoms with E-state index >= 15 is 0 Å². The van der Waals surface area contributed by atoms with Gasteiger partial charge >= 0.3 is 0 Å². The van der Waals surface area contributed by atoms with Crippen LogP contribution in [-0.2, 0) is 4.74 Å². The van der Waals surface area contributed by atoms with Crippen molar-refractivity contribution in [3.8, 4) is 6.07 Å². The van der Waals surface area contributed by atoms with Gasteiger partial charge in [-0.2, -0.15) is 5.26 Å². The number of nitriles is 1. The molecule has 1 aromatic carbocycles. The van der Waals surface area contributed by atoms with Crippen LogP contribution in [0.2, 0.25) is 0 Å². The van der Waals surface area contributed by atoms with E-state index in [9.17, 15) is 4.39 Å². The van der Waals surface area contributed by atoms with Gasteiger partial charge in [0.1, 0.15) is 11.9 Å². The van der Waals surface area contributed by atoms with Crippen molar-refractivity contribution in [3.05, 3.63) is 34.6 Å². The smallest absolute Gasteiger partial charge is 0.141 e. The molecular formula is C16H21FN2O. The number of hydrogen-bond acceptors (Lipinski definition) is 3. The first-order valence-electron chi connectivity index (χ1n) is 7.17. The van der Waals surface area contributed by atoms with E-state index in [1.807, 2.05) is 6.07 Å². The van der Waals surface area contributed by atoms with Crippen LogP contribution in [0.4, 0.5) is 4.39 Å². The molecule has 20 heavy (non-hydrogen) atoms. The fourth-order valence-corrected chi connectivity index (χ4v) is 2.88. The lowest BCUT2D eigenvalue weighted by molar-refractivity contribution is -0.0644. The maximum absolute atomic E-state index is 13.6. The van der Waals surface area contributed by atoms with E-state index in [0.717, 1.165) is 25.1 Å². The highest BCUT2D eigenvalue weighted by molar-refractivity contribution is 5.44. The van der Waals surface area contributed by atoms with Crippen LogP contribution in [0.15, 0.2) is 12.1 Å². The van der Waals surface area contributed by atoms with Crippen molar-refractivity contribution in [1.82, 2.24) is 4.90 Å². The van der Waals surface area contributed by atoms with Crippen LogP contribution >= 0.6 is 0 Å². The summed E-state index contributed by atoms with van der Waals surface area (Å²) in [5.41, 5.74) is 1.76. The molecule has 4 heteroatoms. The second kappa shape index (κ2) is 6.34. The Hall–Kier alpha value is -1.44. The van der Waals surface area contributed by atoms with Crippen molar-refractivity contribution in [1.29, 1.82) is 5.26 Å². The topological polar surface area (TPSA) is 36.3 Å². The van der Waals surface area contributed by atoms with Gasteiger partial charge < -0.3 is 4.74 Å². The summed E-state index contributed by atoms with van der Waals surface area (Å²) in [5, 5.41) is 9.06. The first kappa shape index (κ1) is 15.0. The Kier molecular flexibility index (Phi) is 4.74. The monoisotopic (exact) mass is 276 g/mol. The molecular weight excluding hydrogens is 255 g/mol. The predicted octanol–water partition coefficient (Wildman–Crippen LogP) is 3.18. The first-order valence-corrected chi connectivity index (χ1v) is 7.17. The summed E-state index contributed by atoms with van der Waals surface area (Å²) >= 11 is 0. The minimum atomic E-state index is -0.455. The number of nitrogens with zero attached hydrogens (tertiary/aromatic N) is 2. The van der Waals surface area contributed by atoms with E-state index in [0.29, 0.717) is 18.2 Å². The van der Waals surface area contributed by atoms with Crippen LogP contribution in [0.3, 0.4) is 0 Å². The quantitative estimate of drug-likeness (QED) is 0.850. The van der Waals surface area contributed by atoms with Gasteiger partial charge in [0.25, 0.3) is 0 Å². The van der Waals surface area contributed by atoms with Crippen LogP contribution in [0, 0.1) is 24.1 Å². The zero-order valence-electron chi connectivity index (χ0n) is 12.3. The number of ether oxygens (including phenoxy) is 1. The Morgan fingerprint density at radius 1 is 1.45 bits per heavy atom. The largest absolute Gasteiger partial charge is 0.371 e. The zero-order valence-corrected chi connectivity index (χ0v) is 12.3. The third kappa shape index (κ3) is 2.70. The summed E-state index contributed by atoms with van der Waals surface area (Å²) in [6.07, 6.45) is 0.984. The molecule has 1 unspecified atom stereocenters. The third-order valence-corrected chi connectivity index (χ3v) is 4.20. The molecule has 0 radical (unpaired) electrons. The Bertz CT molecular complexity index is 524. The van der Waals surface area contributed by atoms with Gasteiger partial charge in [0.15, 0.2) is 0 Å². The molecule has 0 aromatic heterocycles. The molecule has 2 atom stereocenters. The predicted molar refractivity (Wildman–Crippen MR) is 75.9 cm³/mol.